The number of rotatable bonds is 4. The van der Waals surface area contributed by atoms with Crippen molar-refractivity contribution in [1.29, 1.82) is 0 Å². The van der Waals surface area contributed by atoms with Gasteiger partial charge in [0.1, 0.15) is 0 Å². The molecule has 134 valence electrons. The fourth-order valence-electron chi connectivity index (χ4n) is 3.92. The van der Waals surface area contributed by atoms with Crippen LogP contribution in [0, 0.1) is 17.3 Å². The molecule has 0 spiro atoms. The maximum absolute atomic E-state index is 13.0. The second-order valence-electron chi connectivity index (χ2n) is 8.44. The number of ether oxygens (including phenoxy) is 1. The van der Waals surface area contributed by atoms with Crippen LogP contribution < -0.4 is 0 Å². The minimum Gasteiger partial charge on any atom is -0.381 e. The molecule has 2 unspecified atom stereocenters. The summed E-state index contributed by atoms with van der Waals surface area (Å²) in [7, 11) is 0. The fraction of sp³-hybridized carbons (Fsp3) is 0.750. The van der Waals surface area contributed by atoms with Gasteiger partial charge in [0.2, 0.25) is 0 Å². The number of carbonyl (C=O) groups excluding carboxylic acids is 1. The van der Waals surface area contributed by atoms with Crippen molar-refractivity contribution < 1.29 is 9.53 Å². The fourth-order valence-corrected chi connectivity index (χ4v) is 5.10. The summed E-state index contributed by atoms with van der Waals surface area (Å²) in [6.07, 6.45) is 4.60. The zero-order chi connectivity index (χ0) is 17.3. The first-order valence-electron chi connectivity index (χ1n) is 9.37. The SMILES string of the molecule is CCN(CC1CCOC1)C(=O)c1cc2c(s1)CCC(C(C)(C)C)C2. The highest BCUT2D eigenvalue weighted by Gasteiger charge is 2.31. The molecule has 0 saturated carbocycles. The minimum absolute atomic E-state index is 0.219. The van der Waals surface area contributed by atoms with E-state index in [4.69, 9.17) is 4.74 Å². The van der Waals surface area contributed by atoms with E-state index < -0.39 is 0 Å². The number of carbonyl (C=O) groups is 1. The third kappa shape index (κ3) is 3.85. The smallest absolute Gasteiger partial charge is 0.263 e. The predicted octanol–water partition coefficient (Wildman–Crippen LogP) is 4.40. The lowest BCUT2D eigenvalue weighted by Crippen LogP contribution is -2.35. The van der Waals surface area contributed by atoms with Gasteiger partial charge in [0.25, 0.3) is 5.91 Å². The number of hydrogen-bond donors (Lipinski definition) is 0. The molecule has 1 aliphatic carbocycles. The monoisotopic (exact) mass is 349 g/mol. The van der Waals surface area contributed by atoms with Crippen molar-refractivity contribution >= 4 is 17.2 Å². The van der Waals surface area contributed by atoms with Crippen molar-refractivity contribution in [2.45, 2.75) is 53.4 Å². The van der Waals surface area contributed by atoms with E-state index in [0.29, 0.717) is 11.3 Å². The van der Waals surface area contributed by atoms with Gasteiger partial charge in [0.05, 0.1) is 11.5 Å². The number of thiophene rings is 1. The third-order valence-electron chi connectivity index (χ3n) is 5.69. The van der Waals surface area contributed by atoms with Gasteiger partial charge in [-0.25, -0.2) is 0 Å². The van der Waals surface area contributed by atoms with Crippen LogP contribution in [0.1, 0.15) is 60.6 Å². The van der Waals surface area contributed by atoms with Crippen LogP contribution in [-0.4, -0.2) is 37.1 Å². The zero-order valence-electron chi connectivity index (χ0n) is 15.6. The number of aryl methyl sites for hydroxylation is 1. The molecular formula is C20H31NO2S. The molecule has 1 amide bonds. The second kappa shape index (κ2) is 7.17. The Morgan fingerprint density at radius 2 is 2.17 bits per heavy atom. The van der Waals surface area contributed by atoms with Crippen molar-refractivity contribution in [3.8, 4) is 0 Å². The van der Waals surface area contributed by atoms with Crippen LogP contribution in [0.4, 0.5) is 0 Å². The molecule has 2 aliphatic rings. The summed E-state index contributed by atoms with van der Waals surface area (Å²) in [5.41, 5.74) is 1.77. The van der Waals surface area contributed by atoms with Crippen LogP contribution in [0.25, 0.3) is 0 Å². The molecule has 1 aliphatic heterocycles. The van der Waals surface area contributed by atoms with Crippen molar-refractivity contribution in [3.05, 3.63) is 21.4 Å². The summed E-state index contributed by atoms with van der Waals surface area (Å²) in [4.78, 5) is 17.4. The lowest BCUT2D eigenvalue weighted by atomic mass is 9.72. The Kier molecular flexibility index (Phi) is 5.36. The Morgan fingerprint density at radius 3 is 2.79 bits per heavy atom. The average Bonchev–Trinajstić information content (AvgIpc) is 3.19. The molecular weight excluding hydrogens is 318 g/mol. The van der Waals surface area contributed by atoms with E-state index in [1.54, 1.807) is 11.3 Å². The topological polar surface area (TPSA) is 29.5 Å². The van der Waals surface area contributed by atoms with E-state index in [-0.39, 0.29) is 5.91 Å². The highest BCUT2D eigenvalue weighted by atomic mass is 32.1. The van der Waals surface area contributed by atoms with Crippen LogP contribution in [-0.2, 0) is 17.6 Å². The highest BCUT2D eigenvalue weighted by Crippen LogP contribution is 2.40. The molecule has 2 heterocycles. The zero-order valence-corrected chi connectivity index (χ0v) is 16.4. The Labute approximate surface area is 150 Å². The van der Waals surface area contributed by atoms with Crippen LogP contribution in [0.5, 0.6) is 0 Å². The number of amides is 1. The van der Waals surface area contributed by atoms with Gasteiger partial charge in [-0.1, -0.05) is 20.8 Å². The van der Waals surface area contributed by atoms with Gasteiger partial charge in [-0.2, -0.15) is 0 Å². The Hall–Kier alpha value is -0.870. The molecule has 0 aromatic carbocycles. The highest BCUT2D eigenvalue weighted by molar-refractivity contribution is 7.14. The quantitative estimate of drug-likeness (QED) is 0.806. The molecule has 2 atom stereocenters. The largest absolute Gasteiger partial charge is 0.381 e. The first-order valence-corrected chi connectivity index (χ1v) is 10.2. The Balaban J connectivity index is 1.71. The van der Waals surface area contributed by atoms with Crippen molar-refractivity contribution in [3.63, 3.8) is 0 Å². The Morgan fingerprint density at radius 1 is 1.38 bits per heavy atom. The molecule has 0 radical (unpaired) electrons. The lowest BCUT2D eigenvalue weighted by Gasteiger charge is -2.33. The van der Waals surface area contributed by atoms with Crippen molar-refractivity contribution in [2.24, 2.45) is 17.3 Å². The van der Waals surface area contributed by atoms with E-state index in [1.807, 2.05) is 4.90 Å². The molecule has 3 nitrogen and oxygen atoms in total. The van der Waals surface area contributed by atoms with E-state index in [1.165, 1.54) is 16.9 Å². The summed E-state index contributed by atoms with van der Waals surface area (Å²) in [5, 5.41) is 0. The van der Waals surface area contributed by atoms with Gasteiger partial charge >= 0.3 is 0 Å². The second-order valence-corrected chi connectivity index (χ2v) is 9.57. The van der Waals surface area contributed by atoms with Gasteiger partial charge in [-0.15, -0.1) is 11.3 Å². The molecule has 24 heavy (non-hydrogen) atoms. The number of hydrogen-bond acceptors (Lipinski definition) is 3. The number of fused-ring (bicyclic) bond motifs is 1. The summed E-state index contributed by atoms with van der Waals surface area (Å²) < 4.78 is 5.46. The van der Waals surface area contributed by atoms with Crippen molar-refractivity contribution in [1.82, 2.24) is 4.90 Å². The van der Waals surface area contributed by atoms with Gasteiger partial charge in [0.15, 0.2) is 0 Å². The maximum atomic E-state index is 13.0. The molecule has 4 heteroatoms. The predicted molar refractivity (Wildman–Crippen MR) is 99.8 cm³/mol. The van der Waals surface area contributed by atoms with E-state index >= 15 is 0 Å². The van der Waals surface area contributed by atoms with Gasteiger partial charge in [0, 0.05) is 30.5 Å². The van der Waals surface area contributed by atoms with E-state index in [0.717, 1.165) is 56.4 Å². The summed E-state index contributed by atoms with van der Waals surface area (Å²) in [5.74, 6) is 1.45. The standard InChI is InChI=1S/C20H31NO2S/c1-5-21(12-14-8-9-23-13-14)19(22)18-11-15-10-16(20(2,3)4)6-7-17(15)24-18/h11,14,16H,5-10,12-13H2,1-4H3. The van der Waals surface area contributed by atoms with Gasteiger partial charge < -0.3 is 9.64 Å². The first kappa shape index (κ1) is 17.9. The average molecular weight is 350 g/mol. The van der Waals surface area contributed by atoms with Gasteiger partial charge in [-0.05, 0) is 55.6 Å². The third-order valence-corrected chi connectivity index (χ3v) is 6.91. The van der Waals surface area contributed by atoms with Crippen LogP contribution in [0.2, 0.25) is 0 Å². The van der Waals surface area contributed by atoms with Crippen molar-refractivity contribution in [2.75, 3.05) is 26.3 Å². The molecule has 3 rings (SSSR count). The summed E-state index contributed by atoms with van der Waals surface area (Å²) in [6, 6.07) is 2.19. The lowest BCUT2D eigenvalue weighted by molar-refractivity contribution is 0.0735. The van der Waals surface area contributed by atoms with Crippen LogP contribution in [0.3, 0.4) is 0 Å². The molecule has 1 aromatic heterocycles. The molecule has 1 aromatic rings. The van der Waals surface area contributed by atoms with E-state index in [9.17, 15) is 4.79 Å². The van der Waals surface area contributed by atoms with E-state index in [2.05, 4.69) is 33.8 Å². The molecule has 0 N–H and O–H groups in total. The minimum atomic E-state index is 0.219. The molecule has 0 bridgehead atoms. The first-order chi connectivity index (χ1) is 11.4. The van der Waals surface area contributed by atoms with Crippen LogP contribution in [0.15, 0.2) is 6.07 Å². The summed E-state index contributed by atoms with van der Waals surface area (Å²) >= 11 is 1.74. The molecule has 1 fully saturated rings. The maximum Gasteiger partial charge on any atom is 0.263 e. The summed E-state index contributed by atoms with van der Waals surface area (Å²) in [6.45, 7) is 12.4. The van der Waals surface area contributed by atoms with Crippen LogP contribution >= 0.6 is 11.3 Å². The number of nitrogens with zero attached hydrogens (tertiary/aromatic N) is 1. The van der Waals surface area contributed by atoms with Gasteiger partial charge in [-0.3, -0.25) is 4.79 Å². The Bertz CT molecular complexity index is 581. The molecule has 1 saturated heterocycles. The normalized spacial score (nSPS) is 24.0.